The highest BCUT2D eigenvalue weighted by Crippen LogP contribution is 2.28. The fourth-order valence-electron chi connectivity index (χ4n) is 3.31. The standard InChI is InChI=1S/C26H25F2N7O4/c1-26(2,3)39-25(36)30-22-11-7-8-18(29-22)15-37-32-23(24-31-33-34-35(24)4)20-9-5-6-10-21(20)38-19-13-16(27)12-17(28)14-19/h5-14H,15H2,1-4H3,(H,29,30,36)/b32-23-. The molecule has 202 valence electrons. The number of para-hydroxylation sites is 1. The number of halogens is 2. The van der Waals surface area contributed by atoms with Gasteiger partial charge in [0.2, 0.25) is 5.82 Å². The second-order valence-corrected chi connectivity index (χ2v) is 9.18. The highest BCUT2D eigenvalue weighted by atomic mass is 19.1. The number of aryl methyl sites for hydroxylation is 1. The molecule has 0 bridgehead atoms. The fourth-order valence-corrected chi connectivity index (χ4v) is 3.31. The van der Waals surface area contributed by atoms with Crippen LogP contribution in [0.1, 0.15) is 37.9 Å². The lowest BCUT2D eigenvalue weighted by Gasteiger charge is -2.19. The Morgan fingerprint density at radius 3 is 2.49 bits per heavy atom. The first-order valence-electron chi connectivity index (χ1n) is 11.7. The average Bonchev–Trinajstić information content (AvgIpc) is 3.26. The lowest BCUT2D eigenvalue weighted by atomic mass is 10.1. The van der Waals surface area contributed by atoms with E-state index in [0.717, 1.165) is 18.2 Å². The predicted octanol–water partition coefficient (Wildman–Crippen LogP) is 4.99. The molecule has 0 aliphatic heterocycles. The second-order valence-electron chi connectivity index (χ2n) is 9.18. The van der Waals surface area contributed by atoms with Crippen LogP contribution in [0.15, 0.2) is 65.8 Å². The molecule has 4 aromatic rings. The Labute approximate surface area is 222 Å². The molecule has 0 atom stereocenters. The van der Waals surface area contributed by atoms with Crippen LogP contribution in [0.5, 0.6) is 11.5 Å². The summed E-state index contributed by atoms with van der Waals surface area (Å²) in [6, 6.07) is 14.5. The summed E-state index contributed by atoms with van der Waals surface area (Å²) >= 11 is 0. The topological polar surface area (TPSA) is 126 Å². The van der Waals surface area contributed by atoms with Crippen molar-refractivity contribution in [1.82, 2.24) is 25.2 Å². The Balaban J connectivity index is 1.58. The minimum absolute atomic E-state index is 0.0465. The number of pyridine rings is 1. The van der Waals surface area contributed by atoms with E-state index in [4.69, 9.17) is 14.3 Å². The van der Waals surface area contributed by atoms with Gasteiger partial charge < -0.3 is 14.3 Å². The van der Waals surface area contributed by atoms with E-state index in [1.807, 2.05) is 0 Å². The van der Waals surface area contributed by atoms with Crippen molar-refractivity contribution in [1.29, 1.82) is 0 Å². The molecule has 0 aliphatic rings. The van der Waals surface area contributed by atoms with Gasteiger partial charge in [0, 0.05) is 25.2 Å². The molecule has 0 spiro atoms. The van der Waals surface area contributed by atoms with Crippen molar-refractivity contribution in [2.24, 2.45) is 12.2 Å². The van der Waals surface area contributed by atoms with Crippen LogP contribution in [-0.4, -0.2) is 42.6 Å². The zero-order valence-electron chi connectivity index (χ0n) is 21.6. The van der Waals surface area contributed by atoms with Gasteiger partial charge in [-0.2, -0.15) is 0 Å². The first-order valence-corrected chi connectivity index (χ1v) is 11.7. The summed E-state index contributed by atoms with van der Waals surface area (Å²) in [6.07, 6.45) is -0.641. The lowest BCUT2D eigenvalue weighted by Crippen LogP contribution is -2.27. The number of nitrogens with zero attached hydrogens (tertiary/aromatic N) is 6. The number of hydrogen-bond acceptors (Lipinski definition) is 9. The van der Waals surface area contributed by atoms with Crippen LogP contribution >= 0.6 is 0 Å². The number of ether oxygens (including phenoxy) is 2. The fraction of sp³-hybridized carbons (Fsp3) is 0.231. The Morgan fingerprint density at radius 1 is 1.05 bits per heavy atom. The van der Waals surface area contributed by atoms with Gasteiger partial charge in [-0.25, -0.2) is 23.2 Å². The molecule has 0 saturated carbocycles. The minimum atomic E-state index is -0.784. The number of aromatic nitrogens is 5. The maximum absolute atomic E-state index is 13.7. The quantitative estimate of drug-likeness (QED) is 0.246. The molecule has 0 fully saturated rings. The Hall–Kier alpha value is -4.94. The number of rotatable bonds is 8. The zero-order valence-corrected chi connectivity index (χ0v) is 21.6. The van der Waals surface area contributed by atoms with Gasteiger partial charge in [-0.1, -0.05) is 23.4 Å². The molecular formula is C26H25F2N7O4. The summed E-state index contributed by atoms with van der Waals surface area (Å²) in [5.41, 5.74) is 0.391. The second kappa shape index (κ2) is 11.6. The van der Waals surface area contributed by atoms with Gasteiger partial charge in [0.15, 0.2) is 12.3 Å². The van der Waals surface area contributed by atoms with Crippen molar-refractivity contribution in [3.63, 3.8) is 0 Å². The van der Waals surface area contributed by atoms with Crippen molar-refractivity contribution in [2.45, 2.75) is 33.0 Å². The smallest absolute Gasteiger partial charge is 0.413 e. The Kier molecular flexibility index (Phi) is 8.08. The SMILES string of the molecule is Cn1nnnc1/C(=N\OCc1cccc(NC(=O)OC(C)(C)C)n1)c1ccccc1Oc1cc(F)cc(F)c1. The van der Waals surface area contributed by atoms with E-state index in [9.17, 15) is 13.6 Å². The van der Waals surface area contributed by atoms with Crippen LogP contribution in [0.4, 0.5) is 19.4 Å². The molecule has 0 unspecified atom stereocenters. The van der Waals surface area contributed by atoms with Crippen molar-refractivity contribution >= 4 is 17.6 Å². The van der Waals surface area contributed by atoms with Gasteiger partial charge >= 0.3 is 6.09 Å². The maximum Gasteiger partial charge on any atom is 0.413 e. The summed E-state index contributed by atoms with van der Waals surface area (Å²) in [4.78, 5) is 22.0. The number of carbonyl (C=O) groups is 1. The van der Waals surface area contributed by atoms with Gasteiger partial charge in [0.1, 0.15) is 34.6 Å². The average molecular weight is 538 g/mol. The predicted molar refractivity (Wildman–Crippen MR) is 136 cm³/mol. The van der Waals surface area contributed by atoms with Crippen molar-refractivity contribution in [3.8, 4) is 11.5 Å². The first kappa shape index (κ1) is 27.1. The number of anilines is 1. The number of benzene rings is 2. The van der Waals surface area contributed by atoms with E-state index in [2.05, 4.69) is 31.0 Å². The van der Waals surface area contributed by atoms with Crippen LogP contribution < -0.4 is 10.1 Å². The molecule has 0 radical (unpaired) electrons. The highest BCUT2D eigenvalue weighted by molar-refractivity contribution is 6.12. The zero-order chi connectivity index (χ0) is 28.0. The van der Waals surface area contributed by atoms with E-state index in [-0.39, 0.29) is 35.5 Å². The normalized spacial score (nSPS) is 11.7. The minimum Gasteiger partial charge on any atom is -0.456 e. The van der Waals surface area contributed by atoms with Gasteiger partial charge in [-0.15, -0.1) is 5.10 Å². The molecule has 2 aromatic heterocycles. The Bertz CT molecular complexity index is 1480. The van der Waals surface area contributed by atoms with Crippen LogP contribution in [0.2, 0.25) is 0 Å². The highest BCUT2D eigenvalue weighted by Gasteiger charge is 2.20. The third-order valence-corrected chi connectivity index (χ3v) is 4.84. The molecule has 4 rings (SSSR count). The molecule has 2 heterocycles. The van der Waals surface area contributed by atoms with Crippen molar-refractivity contribution < 1.29 is 27.9 Å². The third kappa shape index (κ3) is 7.53. The first-order chi connectivity index (χ1) is 18.6. The number of hydrogen-bond donors (Lipinski definition) is 1. The third-order valence-electron chi connectivity index (χ3n) is 4.84. The van der Waals surface area contributed by atoms with Crippen molar-refractivity contribution in [2.75, 3.05) is 5.32 Å². The summed E-state index contributed by atoms with van der Waals surface area (Å²) in [5.74, 6) is -0.872. The van der Waals surface area contributed by atoms with E-state index < -0.39 is 23.3 Å². The Morgan fingerprint density at radius 2 is 1.79 bits per heavy atom. The summed E-state index contributed by atoms with van der Waals surface area (Å²) in [7, 11) is 1.61. The summed E-state index contributed by atoms with van der Waals surface area (Å²) < 4.78 is 39.9. The van der Waals surface area contributed by atoms with E-state index in [1.54, 1.807) is 70.3 Å². The molecule has 1 N–H and O–H groups in total. The monoisotopic (exact) mass is 537 g/mol. The lowest BCUT2D eigenvalue weighted by molar-refractivity contribution is 0.0635. The van der Waals surface area contributed by atoms with Crippen LogP contribution in [0, 0.1) is 11.6 Å². The van der Waals surface area contributed by atoms with Gasteiger partial charge in [0.25, 0.3) is 0 Å². The van der Waals surface area contributed by atoms with Gasteiger partial charge in [0.05, 0.1) is 11.3 Å². The summed E-state index contributed by atoms with van der Waals surface area (Å²) in [6.45, 7) is 5.20. The number of oxime groups is 1. The molecule has 0 aliphatic carbocycles. The van der Waals surface area contributed by atoms with Crippen LogP contribution in [0.25, 0.3) is 0 Å². The van der Waals surface area contributed by atoms with E-state index in [0.29, 0.717) is 11.3 Å². The largest absolute Gasteiger partial charge is 0.456 e. The summed E-state index contributed by atoms with van der Waals surface area (Å²) in [5, 5.41) is 18.3. The molecular weight excluding hydrogens is 512 g/mol. The van der Waals surface area contributed by atoms with Crippen molar-refractivity contribution in [3.05, 3.63) is 89.4 Å². The number of amides is 1. The molecule has 13 heteroatoms. The van der Waals surface area contributed by atoms with Crippen LogP contribution in [-0.2, 0) is 23.2 Å². The molecule has 1 amide bonds. The van der Waals surface area contributed by atoms with E-state index >= 15 is 0 Å². The van der Waals surface area contributed by atoms with Gasteiger partial charge in [-0.05, 0) is 55.5 Å². The van der Waals surface area contributed by atoms with Crippen LogP contribution in [0.3, 0.4) is 0 Å². The van der Waals surface area contributed by atoms with E-state index in [1.165, 1.54) is 4.68 Å². The maximum atomic E-state index is 13.7. The number of carbonyl (C=O) groups excluding carboxylic acids is 1. The number of nitrogens with one attached hydrogen (secondary N) is 1. The number of tetrazole rings is 1. The molecule has 2 aromatic carbocycles. The molecule has 0 saturated heterocycles. The molecule has 11 nitrogen and oxygen atoms in total. The van der Waals surface area contributed by atoms with Gasteiger partial charge in [-0.3, -0.25) is 5.32 Å². The molecule has 39 heavy (non-hydrogen) atoms.